The van der Waals surface area contributed by atoms with E-state index in [1.54, 1.807) is 35.5 Å². The predicted octanol–water partition coefficient (Wildman–Crippen LogP) is 4.93. The van der Waals surface area contributed by atoms with Gasteiger partial charge in [0.1, 0.15) is 13.2 Å². The van der Waals surface area contributed by atoms with Crippen molar-refractivity contribution in [1.29, 1.82) is 0 Å². The first-order chi connectivity index (χ1) is 15.1. The van der Waals surface area contributed by atoms with Gasteiger partial charge >= 0.3 is 0 Å². The first kappa shape index (κ1) is 19.5. The summed E-state index contributed by atoms with van der Waals surface area (Å²) in [6, 6.07) is 13.3. The molecule has 1 amide bonds. The van der Waals surface area contributed by atoms with Crippen molar-refractivity contribution in [1.82, 2.24) is 9.97 Å². The molecule has 1 aliphatic rings. The van der Waals surface area contributed by atoms with E-state index in [2.05, 4.69) is 31.0 Å². The van der Waals surface area contributed by atoms with Crippen molar-refractivity contribution in [3.05, 3.63) is 77.1 Å². The van der Waals surface area contributed by atoms with Gasteiger partial charge in [0.05, 0.1) is 16.8 Å². The molecule has 7 heteroatoms. The lowest BCUT2D eigenvalue weighted by Gasteiger charge is -2.22. The van der Waals surface area contributed by atoms with Gasteiger partial charge in [-0.1, -0.05) is 17.4 Å². The van der Waals surface area contributed by atoms with Crippen molar-refractivity contribution in [3.8, 4) is 11.5 Å². The Morgan fingerprint density at radius 3 is 2.68 bits per heavy atom. The molecule has 156 valence electrons. The van der Waals surface area contributed by atoms with Crippen molar-refractivity contribution < 1.29 is 14.3 Å². The summed E-state index contributed by atoms with van der Waals surface area (Å²) in [4.78, 5) is 24.3. The minimum atomic E-state index is -0.145. The van der Waals surface area contributed by atoms with Crippen LogP contribution in [0.5, 0.6) is 11.5 Å². The number of anilines is 1. The number of pyridine rings is 1. The molecule has 4 aromatic rings. The van der Waals surface area contributed by atoms with Gasteiger partial charge in [-0.15, -0.1) is 0 Å². The van der Waals surface area contributed by atoms with Crippen LogP contribution in [0.2, 0.25) is 0 Å². The Labute approximate surface area is 184 Å². The number of hydrogen-bond donors (Lipinski definition) is 0. The van der Waals surface area contributed by atoms with E-state index in [0.29, 0.717) is 42.0 Å². The fourth-order valence-electron chi connectivity index (χ4n) is 3.52. The zero-order valence-corrected chi connectivity index (χ0v) is 18.1. The number of benzene rings is 2. The second-order valence-corrected chi connectivity index (χ2v) is 8.52. The summed E-state index contributed by atoms with van der Waals surface area (Å²) >= 11 is 1.52. The topological polar surface area (TPSA) is 64.6 Å². The number of nitrogens with zero attached hydrogens (tertiary/aromatic N) is 3. The maximum absolute atomic E-state index is 13.6. The average Bonchev–Trinajstić information content (AvgIpc) is 3.20. The van der Waals surface area contributed by atoms with E-state index < -0.39 is 0 Å². The highest BCUT2D eigenvalue weighted by Gasteiger charge is 2.24. The molecule has 31 heavy (non-hydrogen) atoms. The van der Waals surface area contributed by atoms with Gasteiger partial charge in [0.15, 0.2) is 16.6 Å². The van der Waals surface area contributed by atoms with Crippen molar-refractivity contribution >= 4 is 32.6 Å². The van der Waals surface area contributed by atoms with E-state index in [1.165, 1.54) is 22.5 Å². The number of thiazole rings is 1. The molecule has 1 aliphatic heterocycles. The second-order valence-electron chi connectivity index (χ2n) is 7.51. The third-order valence-corrected chi connectivity index (χ3v) is 6.36. The standard InChI is InChI=1S/C24H21N3O3S/c1-15-10-19-22(11-16(15)2)31-24(26-19)27(14-17-4-3-7-25-13-17)23(28)18-5-6-20-21(12-18)30-9-8-29-20/h3-7,10-13H,8-9,14H2,1-2H3. The Kier molecular flexibility index (Phi) is 5.03. The van der Waals surface area contributed by atoms with Crippen molar-refractivity contribution in [2.45, 2.75) is 20.4 Å². The summed E-state index contributed by atoms with van der Waals surface area (Å²) in [5.74, 6) is 1.11. The van der Waals surface area contributed by atoms with E-state index in [0.717, 1.165) is 15.8 Å². The number of fused-ring (bicyclic) bond motifs is 2. The van der Waals surface area contributed by atoms with Crippen LogP contribution >= 0.6 is 11.3 Å². The largest absolute Gasteiger partial charge is 0.486 e. The number of hydrogen-bond acceptors (Lipinski definition) is 6. The highest BCUT2D eigenvalue weighted by molar-refractivity contribution is 7.22. The lowest BCUT2D eigenvalue weighted by molar-refractivity contribution is 0.0984. The van der Waals surface area contributed by atoms with Gasteiger partial charge < -0.3 is 9.47 Å². The van der Waals surface area contributed by atoms with Crippen LogP contribution in [0, 0.1) is 13.8 Å². The smallest absolute Gasteiger partial charge is 0.260 e. The Balaban J connectivity index is 1.56. The molecule has 0 bridgehead atoms. The fourth-order valence-corrected chi connectivity index (χ4v) is 4.56. The molecule has 0 saturated heterocycles. The number of carbonyl (C=O) groups excluding carboxylic acids is 1. The van der Waals surface area contributed by atoms with Crippen LogP contribution in [-0.4, -0.2) is 29.1 Å². The third-order valence-electron chi connectivity index (χ3n) is 5.32. The van der Waals surface area contributed by atoms with Crippen LogP contribution in [-0.2, 0) is 6.54 Å². The van der Waals surface area contributed by atoms with E-state index in [9.17, 15) is 4.79 Å². The minimum Gasteiger partial charge on any atom is -0.486 e. The lowest BCUT2D eigenvalue weighted by atomic mass is 10.1. The predicted molar refractivity (Wildman–Crippen MR) is 121 cm³/mol. The molecule has 0 aliphatic carbocycles. The molecule has 0 unspecified atom stereocenters. The number of rotatable bonds is 4. The molecule has 0 N–H and O–H groups in total. The van der Waals surface area contributed by atoms with E-state index in [-0.39, 0.29) is 5.91 Å². The van der Waals surface area contributed by atoms with E-state index in [4.69, 9.17) is 14.5 Å². The molecule has 0 atom stereocenters. The normalized spacial score (nSPS) is 12.7. The van der Waals surface area contributed by atoms with Gasteiger partial charge in [0.2, 0.25) is 0 Å². The second kappa shape index (κ2) is 8.00. The van der Waals surface area contributed by atoms with E-state index in [1.807, 2.05) is 12.1 Å². The van der Waals surface area contributed by atoms with Gasteiger partial charge in [-0.05, 0) is 66.9 Å². The van der Waals surface area contributed by atoms with Crippen molar-refractivity contribution in [2.75, 3.05) is 18.1 Å². The van der Waals surface area contributed by atoms with Crippen LogP contribution < -0.4 is 14.4 Å². The monoisotopic (exact) mass is 431 g/mol. The van der Waals surface area contributed by atoms with E-state index >= 15 is 0 Å². The molecule has 0 spiro atoms. The summed E-state index contributed by atoms with van der Waals surface area (Å²) in [5.41, 5.74) is 4.75. The molecule has 2 aromatic carbocycles. The molecule has 3 heterocycles. The number of aryl methyl sites for hydroxylation is 2. The number of ether oxygens (including phenoxy) is 2. The molecule has 0 saturated carbocycles. The minimum absolute atomic E-state index is 0.145. The molecule has 2 aromatic heterocycles. The van der Waals surface area contributed by atoms with Gasteiger partial charge in [-0.3, -0.25) is 14.7 Å². The van der Waals surface area contributed by atoms with Crippen LogP contribution in [0.15, 0.2) is 54.9 Å². The summed E-state index contributed by atoms with van der Waals surface area (Å²) in [7, 11) is 0. The number of aromatic nitrogens is 2. The Bertz CT molecular complexity index is 1230. The molecular formula is C24H21N3O3S. The lowest BCUT2D eigenvalue weighted by Crippen LogP contribution is -2.30. The van der Waals surface area contributed by atoms with Gasteiger partial charge in [-0.2, -0.15) is 0 Å². The number of carbonyl (C=O) groups is 1. The van der Waals surface area contributed by atoms with Crippen molar-refractivity contribution in [2.24, 2.45) is 0 Å². The Morgan fingerprint density at radius 2 is 1.87 bits per heavy atom. The maximum atomic E-state index is 13.6. The Hall–Kier alpha value is -3.45. The van der Waals surface area contributed by atoms with Gasteiger partial charge in [-0.25, -0.2) is 4.98 Å². The van der Waals surface area contributed by atoms with Crippen molar-refractivity contribution in [3.63, 3.8) is 0 Å². The molecule has 0 fully saturated rings. The highest BCUT2D eigenvalue weighted by Crippen LogP contribution is 2.35. The molecule has 0 radical (unpaired) electrons. The summed E-state index contributed by atoms with van der Waals surface area (Å²) in [6.07, 6.45) is 3.49. The maximum Gasteiger partial charge on any atom is 0.260 e. The van der Waals surface area contributed by atoms with Crippen LogP contribution in [0.25, 0.3) is 10.2 Å². The number of amides is 1. The zero-order chi connectivity index (χ0) is 21.4. The zero-order valence-electron chi connectivity index (χ0n) is 17.3. The summed E-state index contributed by atoms with van der Waals surface area (Å²) < 4.78 is 12.3. The summed E-state index contributed by atoms with van der Waals surface area (Å²) in [5, 5.41) is 0.656. The first-order valence-electron chi connectivity index (χ1n) is 10.1. The molecular weight excluding hydrogens is 410 g/mol. The first-order valence-corrected chi connectivity index (χ1v) is 10.9. The summed E-state index contributed by atoms with van der Waals surface area (Å²) in [6.45, 7) is 5.51. The molecule has 5 rings (SSSR count). The van der Waals surface area contributed by atoms with Crippen LogP contribution in [0.3, 0.4) is 0 Å². The third kappa shape index (κ3) is 3.84. The molecule has 6 nitrogen and oxygen atoms in total. The highest BCUT2D eigenvalue weighted by atomic mass is 32.1. The quantitative estimate of drug-likeness (QED) is 0.459. The fraction of sp³-hybridized carbons (Fsp3) is 0.208. The van der Waals surface area contributed by atoms with Gasteiger partial charge in [0.25, 0.3) is 5.91 Å². The van der Waals surface area contributed by atoms with Gasteiger partial charge in [0, 0.05) is 18.0 Å². The average molecular weight is 432 g/mol. The van der Waals surface area contributed by atoms with Crippen LogP contribution in [0.4, 0.5) is 5.13 Å². The SMILES string of the molecule is Cc1cc2nc(N(Cc3cccnc3)C(=O)c3ccc4c(c3)OCCO4)sc2cc1C. The Morgan fingerprint density at radius 1 is 1.06 bits per heavy atom. The van der Waals surface area contributed by atoms with Crippen LogP contribution in [0.1, 0.15) is 27.0 Å².